The van der Waals surface area contributed by atoms with Crippen molar-refractivity contribution in [1.29, 1.82) is 0 Å². The van der Waals surface area contributed by atoms with Gasteiger partial charge < -0.3 is 9.72 Å². The lowest BCUT2D eigenvalue weighted by atomic mass is 9.97. The van der Waals surface area contributed by atoms with Gasteiger partial charge in [-0.1, -0.05) is 6.92 Å². The number of nitrogens with one attached hydrogen (secondary N) is 1. The first-order valence-electron chi connectivity index (χ1n) is 6.37. The van der Waals surface area contributed by atoms with Crippen LogP contribution in [-0.2, 0) is 13.0 Å². The highest BCUT2D eigenvalue weighted by molar-refractivity contribution is 5.96. The molecule has 0 unspecified atom stereocenters. The van der Waals surface area contributed by atoms with E-state index in [2.05, 4.69) is 16.9 Å². The first kappa shape index (κ1) is 13.3. The SMILES string of the molecule is CCc1c(C)cc(OCc2ncc[nH]2)cc1C(C)=O. The molecule has 0 atom stereocenters. The van der Waals surface area contributed by atoms with E-state index in [0.717, 1.165) is 28.9 Å². The first-order valence-corrected chi connectivity index (χ1v) is 6.37. The van der Waals surface area contributed by atoms with Crippen LogP contribution in [0, 0.1) is 6.92 Å². The lowest BCUT2D eigenvalue weighted by molar-refractivity contribution is 0.101. The summed E-state index contributed by atoms with van der Waals surface area (Å²) in [6, 6.07) is 3.78. The number of nitrogens with zero attached hydrogens (tertiary/aromatic N) is 1. The van der Waals surface area contributed by atoms with E-state index in [-0.39, 0.29) is 5.78 Å². The van der Waals surface area contributed by atoms with Gasteiger partial charge in [-0.15, -0.1) is 0 Å². The number of carbonyl (C=O) groups excluding carboxylic acids is 1. The van der Waals surface area contributed by atoms with Gasteiger partial charge in [-0.2, -0.15) is 0 Å². The maximum absolute atomic E-state index is 11.7. The number of aromatic amines is 1. The number of H-pyrrole nitrogens is 1. The van der Waals surface area contributed by atoms with Crippen molar-refractivity contribution in [3.8, 4) is 5.75 Å². The smallest absolute Gasteiger partial charge is 0.160 e. The van der Waals surface area contributed by atoms with Crippen LogP contribution in [0.15, 0.2) is 24.5 Å². The standard InChI is InChI=1S/C15H18N2O2/c1-4-13-10(2)7-12(8-14(13)11(3)18)19-9-15-16-5-6-17-15/h5-8H,4,9H2,1-3H3,(H,16,17). The Morgan fingerprint density at radius 3 is 2.79 bits per heavy atom. The van der Waals surface area contributed by atoms with Gasteiger partial charge in [-0.3, -0.25) is 4.79 Å². The topological polar surface area (TPSA) is 55.0 Å². The van der Waals surface area contributed by atoms with E-state index in [1.165, 1.54) is 0 Å². The van der Waals surface area contributed by atoms with Gasteiger partial charge in [0.15, 0.2) is 5.78 Å². The molecule has 0 aliphatic carbocycles. The van der Waals surface area contributed by atoms with Crippen LogP contribution in [0.5, 0.6) is 5.75 Å². The van der Waals surface area contributed by atoms with Crippen molar-refractivity contribution in [3.05, 3.63) is 47.0 Å². The second-order valence-corrected chi connectivity index (χ2v) is 4.50. The van der Waals surface area contributed by atoms with Gasteiger partial charge in [0.05, 0.1) is 0 Å². The number of aryl methyl sites for hydroxylation is 1. The zero-order valence-corrected chi connectivity index (χ0v) is 11.5. The van der Waals surface area contributed by atoms with Crippen molar-refractivity contribution in [3.63, 3.8) is 0 Å². The molecule has 100 valence electrons. The van der Waals surface area contributed by atoms with Crippen LogP contribution in [0.1, 0.15) is 41.2 Å². The van der Waals surface area contributed by atoms with Crippen LogP contribution in [-0.4, -0.2) is 15.8 Å². The van der Waals surface area contributed by atoms with Gasteiger partial charge in [0.2, 0.25) is 0 Å². The van der Waals surface area contributed by atoms with Crippen LogP contribution in [0.3, 0.4) is 0 Å². The Labute approximate surface area is 112 Å². The molecule has 1 aromatic heterocycles. The second kappa shape index (κ2) is 5.69. The molecule has 0 amide bonds. The Morgan fingerprint density at radius 2 is 2.21 bits per heavy atom. The average molecular weight is 258 g/mol. The van der Waals surface area contributed by atoms with Crippen LogP contribution in [0.4, 0.5) is 0 Å². The van der Waals surface area contributed by atoms with E-state index in [0.29, 0.717) is 12.4 Å². The number of aromatic nitrogens is 2. The van der Waals surface area contributed by atoms with E-state index >= 15 is 0 Å². The predicted octanol–water partition coefficient (Wildman–Crippen LogP) is 3.06. The van der Waals surface area contributed by atoms with Crippen molar-refractivity contribution in [2.24, 2.45) is 0 Å². The number of Topliss-reactive ketones (excluding diaryl/α,β-unsaturated/α-hetero) is 1. The molecule has 0 aliphatic rings. The molecule has 2 rings (SSSR count). The maximum atomic E-state index is 11.7. The summed E-state index contributed by atoms with van der Waals surface area (Å²) in [5, 5.41) is 0. The number of hydrogen-bond donors (Lipinski definition) is 1. The number of ether oxygens (including phenoxy) is 1. The summed E-state index contributed by atoms with van der Waals surface area (Å²) in [7, 11) is 0. The zero-order valence-electron chi connectivity index (χ0n) is 11.5. The Hall–Kier alpha value is -2.10. The van der Waals surface area contributed by atoms with Gasteiger partial charge in [-0.25, -0.2) is 4.98 Å². The summed E-state index contributed by atoms with van der Waals surface area (Å²) in [6.45, 7) is 6.02. The van der Waals surface area contributed by atoms with Gasteiger partial charge in [0.1, 0.15) is 18.2 Å². The normalized spacial score (nSPS) is 10.5. The van der Waals surface area contributed by atoms with E-state index in [1.807, 2.05) is 19.1 Å². The predicted molar refractivity (Wildman–Crippen MR) is 73.5 cm³/mol. The summed E-state index contributed by atoms with van der Waals surface area (Å²) >= 11 is 0. The summed E-state index contributed by atoms with van der Waals surface area (Å²) in [5.74, 6) is 1.54. The number of imidazole rings is 1. The third kappa shape index (κ3) is 3.02. The van der Waals surface area contributed by atoms with Gasteiger partial charge >= 0.3 is 0 Å². The molecular formula is C15H18N2O2. The average Bonchev–Trinajstić information content (AvgIpc) is 2.88. The molecule has 1 heterocycles. The summed E-state index contributed by atoms with van der Waals surface area (Å²) in [4.78, 5) is 18.8. The fourth-order valence-corrected chi connectivity index (χ4v) is 2.18. The molecule has 4 heteroatoms. The quantitative estimate of drug-likeness (QED) is 0.838. The first-order chi connectivity index (χ1) is 9.11. The molecule has 19 heavy (non-hydrogen) atoms. The molecule has 0 aliphatic heterocycles. The highest BCUT2D eigenvalue weighted by Gasteiger charge is 2.11. The number of benzene rings is 1. The van der Waals surface area contributed by atoms with E-state index in [1.54, 1.807) is 19.3 Å². The van der Waals surface area contributed by atoms with Crippen molar-refractivity contribution in [2.75, 3.05) is 0 Å². The Balaban J connectivity index is 2.24. The lowest BCUT2D eigenvalue weighted by Gasteiger charge is -2.12. The Bertz CT molecular complexity index is 574. The molecule has 4 nitrogen and oxygen atoms in total. The van der Waals surface area contributed by atoms with Gasteiger partial charge in [0.25, 0.3) is 0 Å². The summed E-state index contributed by atoms with van der Waals surface area (Å²) < 4.78 is 5.68. The minimum Gasteiger partial charge on any atom is -0.486 e. The molecule has 0 radical (unpaired) electrons. The van der Waals surface area contributed by atoms with Crippen molar-refractivity contribution < 1.29 is 9.53 Å². The molecule has 0 saturated heterocycles. The van der Waals surface area contributed by atoms with Crippen LogP contribution in [0.2, 0.25) is 0 Å². The molecule has 0 bridgehead atoms. The number of hydrogen-bond acceptors (Lipinski definition) is 3. The van der Waals surface area contributed by atoms with Crippen LogP contribution in [0.25, 0.3) is 0 Å². The lowest BCUT2D eigenvalue weighted by Crippen LogP contribution is -2.04. The Kier molecular flexibility index (Phi) is 4.00. The highest BCUT2D eigenvalue weighted by atomic mass is 16.5. The third-order valence-corrected chi connectivity index (χ3v) is 3.11. The van der Waals surface area contributed by atoms with Crippen LogP contribution >= 0.6 is 0 Å². The summed E-state index contributed by atoms with van der Waals surface area (Å²) in [5.41, 5.74) is 2.93. The molecule has 0 saturated carbocycles. The fourth-order valence-electron chi connectivity index (χ4n) is 2.18. The maximum Gasteiger partial charge on any atom is 0.160 e. The van der Waals surface area contributed by atoms with Crippen molar-refractivity contribution >= 4 is 5.78 Å². The van der Waals surface area contributed by atoms with Gasteiger partial charge in [0, 0.05) is 18.0 Å². The summed E-state index contributed by atoms with van der Waals surface area (Å²) in [6.07, 6.45) is 4.29. The number of rotatable bonds is 5. The fraction of sp³-hybridized carbons (Fsp3) is 0.333. The van der Waals surface area contributed by atoms with Crippen molar-refractivity contribution in [1.82, 2.24) is 9.97 Å². The number of carbonyl (C=O) groups is 1. The zero-order chi connectivity index (χ0) is 13.8. The highest BCUT2D eigenvalue weighted by Crippen LogP contribution is 2.24. The van der Waals surface area contributed by atoms with Gasteiger partial charge in [-0.05, 0) is 43.5 Å². The Morgan fingerprint density at radius 1 is 1.42 bits per heavy atom. The van der Waals surface area contributed by atoms with E-state index in [4.69, 9.17) is 4.74 Å². The third-order valence-electron chi connectivity index (χ3n) is 3.11. The van der Waals surface area contributed by atoms with E-state index in [9.17, 15) is 4.79 Å². The minimum absolute atomic E-state index is 0.0726. The molecule has 1 N–H and O–H groups in total. The molecule has 2 aromatic rings. The molecule has 0 fully saturated rings. The van der Waals surface area contributed by atoms with Crippen molar-refractivity contribution in [2.45, 2.75) is 33.8 Å². The monoisotopic (exact) mass is 258 g/mol. The second-order valence-electron chi connectivity index (χ2n) is 4.50. The minimum atomic E-state index is 0.0726. The molecule has 1 aromatic carbocycles. The number of ketones is 1. The molecule has 0 spiro atoms. The molecular weight excluding hydrogens is 240 g/mol. The van der Waals surface area contributed by atoms with E-state index < -0.39 is 0 Å². The van der Waals surface area contributed by atoms with Crippen LogP contribution < -0.4 is 4.74 Å². The largest absolute Gasteiger partial charge is 0.486 e.